The summed E-state index contributed by atoms with van der Waals surface area (Å²) in [6.45, 7) is 22.3. The van der Waals surface area contributed by atoms with E-state index in [2.05, 4.69) is 0 Å². The average molecular weight is 1360 g/mol. The molecule has 0 aromatic heterocycles. The van der Waals surface area contributed by atoms with Gasteiger partial charge in [0.05, 0.1) is 122 Å². The van der Waals surface area contributed by atoms with Gasteiger partial charge >= 0.3 is 11.9 Å². The lowest BCUT2D eigenvalue weighted by molar-refractivity contribution is -0.159. The van der Waals surface area contributed by atoms with Crippen LogP contribution in [0, 0.1) is 47.3 Å². The topological polar surface area (TPSA) is 288 Å². The molecule has 96 heavy (non-hydrogen) atoms. The summed E-state index contributed by atoms with van der Waals surface area (Å²) in [7, 11) is 6.57. The molecule has 554 valence electrons. The lowest BCUT2D eigenvalue weighted by Crippen LogP contribution is -2.46. The van der Waals surface area contributed by atoms with Crippen LogP contribution in [0.25, 0.3) is 0 Å². The van der Waals surface area contributed by atoms with Gasteiger partial charge in [0.1, 0.15) is 12.2 Å². The number of allylic oxidation sites excluding steroid dienone is 2. The number of carbonyl (C=O) groups is 2. The van der Waals surface area contributed by atoms with E-state index in [9.17, 15) is 50.4 Å². The van der Waals surface area contributed by atoms with Crippen LogP contribution in [0.4, 0.5) is 0 Å². The minimum atomic E-state index is -1.18. The van der Waals surface area contributed by atoms with Crippen molar-refractivity contribution in [3.63, 3.8) is 0 Å². The van der Waals surface area contributed by atoms with E-state index in [-0.39, 0.29) is 105 Å². The number of fused-ring (bicyclic) bond motifs is 4. The number of ether oxygens (including phenoxy) is 10. The van der Waals surface area contributed by atoms with Gasteiger partial charge in [0.2, 0.25) is 0 Å². The molecule has 4 bridgehead atoms. The van der Waals surface area contributed by atoms with E-state index in [1.807, 2.05) is 92.7 Å². The number of rotatable bonds is 16. The molecule has 0 saturated carbocycles. The maximum Gasteiger partial charge on any atom is 0.333 e. The summed E-state index contributed by atoms with van der Waals surface area (Å²) in [6, 6.07) is 0. The normalized spacial score (nSPS) is 40.9. The summed E-state index contributed by atoms with van der Waals surface area (Å²) in [5.41, 5.74) is 0.927. The second-order valence-electron chi connectivity index (χ2n) is 29.9. The minimum absolute atomic E-state index is 0.0306. The van der Waals surface area contributed by atoms with Crippen LogP contribution in [0.15, 0.2) is 59.8 Å². The van der Waals surface area contributed by atoms with Crippen molar-refractivity contribution in [2.75, 3.05) is 28.4 Å². The Bertz CT molecular complexity index is 2400. The Kier molecular flexibility index (Phi) is 36.4. The number of hydrogen-bond donors (Lipinski definition) is 8. The zero-order valence-corrected chi connectivity index (χ0v) is 61.1. The van der Waals surface area contributed by atoms with Gasteiger partial charge in [-0.15, -0.1) is 0 Å². The SMILES string of the molecule is COC1CC(C)OC(CCC(C)C(O)C(C)C2OC(=O)C=C/C(C)=C\CC(O)CC3C=CCC(CC(OC)C(C)C(O)CC(O)C(C)C(C(C)C(O)C(C)CCC4CC(OC)CC(C)O4)OC(=O)/C(C)=C\CC(O)CC4C=CCC(CC(OC)C(C)C(O)CC(O)C2C)O4)O3)C1. The maximum atomic E-state index is 14.2. The Morgan fingerprint density at radius 2 is 0.885 bits per heavy atom. The van der Waals surface area contributed by atoms with E-state index in [1.165, 1.54) is 6.08 Å². The monoisotopic (exact) mass is 1360 g/mol. The third-order valence-corrected chi connectivity index (χ3v) is 22.1. The highest BCUT2D eigenvalue weighted by molar-refractivity contribution is 5.87. The number of hydrogen-bond acceptors (Lipinski definition) is 20. The molecular weight excluding hydrogens is 1230 g/mol. The zero-order valence-electron chi connectivity index (χ0n) is 61.1. The molecule has 0 aromatic carbocycles. The van der Waals surface area contributed by atoms with Crippen molar-refractivity contribution in [3.05, 3.63) is 59.8 Å². The van der Waals surface area contributed by atoms with Gasteiger partial charge in [-0.3, -0.25) is 0 Å². The molecule has 0 aromatic rings. The van der Waals surface area contributed by atoms with E-state index in [0.29, 0.717) is 56.9 Å². The highest BCUT2D eigenvalue weighted by Crippen LogP contribution is 2.37. The molecule has 8 N–H and O–H groups in total. The summed E-state index contributed by atoms with van der Waals surface area (Å²) < 4.78 is 61.4. The largest absolute Gasteiger partial charge is 0.458 e. The molecule has 30 unspecified atom stereocenters. The van der Waals surface area contributed by atoms with Gasteiger partial charge in [-0.25, -0.2) is 9.59 Å². The van der Waals surface area contributed by atoms with E-state index in [4.69, 9.17) is 47.4 Å². The summed E-state index contributed by atoms with van der Waals surface area (Å²) in [5, 5.41) is 94.6. The number of aliphatic hydroxyl groups is 8. The van der Waals surface area contributed by atoms with Gasteiger partial charge in [-0.1, -0.05) is 103 Å². The predicted molar refractivity (Wildman–Crippen MR) is 368 cm³/mol. The van der Waals surface area contributed by atoms with Crippen molar-refractivity contribution in [1.29, 1.82) is 0 Å². The average Bonchev–Trinajstić information content (AvgIpc) is 0.869. The third-order valence-electron chi connectivity index (χ3n) is 22.1. The second kappa shape index (κ2) is 41.8. The molecule has 2 saturated heterocycles. The first kappa shape index (κ1) is 83.7. The number of cyclic esters (lactones) is 2. The van der Waals surface area contributed by atoms with E-state index in [0.717, 1.165) is 25.7 Å². The van der Waals surface area contributed by atoms with Gasteiger partial charge < -0.3 is 88.2 Å². The molecular formula is C76H130O20. The number of aliphatic hydroxyl groups excluding tert-OH is 8. The Morgan fingerprint density at radius 3 is 1.30 bits per heavy atom. The molecule has 5 aliphatic heterocycles. The Labute approximate surface area is 575 Å². The molecule has 5 aliphatic rings. The summed E-state index contributed by atoms with van der Waals surface area (Å²) in [6.07, 6.45) is 10.3. The van der Waals surface area contributed by atoms with Gasteiger partial charge in [-0.05, 0) is 129 Å². The Morgan fingerprint density at radius 1 is 0.479 bits per heavy atom. The van der Waals surface area contributed by atoms with Crippen molar-refractivity contribution >= 4 is 11.9 Å². The maximum absolute atomic E-state index is 14.2. The van der Waals surface area contributed by atoms with E-state index < -0.39 is 133 Å². The van der Waals surface area contributed by atoms with E-state index in [1.54, 1.807) is 61.4 Å². The first-order valence-corrected chi connectivity index (χ1v) is 36.4. The lowest BCUT2D eigenvalue weighted by Gasteiger charge is -2.38. The Balaban J connectivity index is 1.37. The van der Waals surface area contributed by atoms with Gasteiger partial charge in [0.25, 0.3) is 0 Å². The standard InChI is InChI=1S/C76H130O20/c1-43-23-28-55(77)35-57-19-17-21-59(93-57)39-70(90-16)50(8)66(80)42-68(82)52(10)75(54(12)73(85)45(3)27-31-62-38-64(88-14)34-48(6)92-62)96-76(86)46(4)25-29-56(78)36-58-20-18-22-60(94-58)40-69(89-15)49(7)65(79)41-67(81)51(9)74(95-71(83)32-24-43)53(11)72(84)44(2)26-30-61-37-63(87-13)33-47(5)91-61/h17-20,23-25,32,44-45,47-70,72-75,77-82,84-85H,21-22,26-31,33-42H2,1-16H3/b32-24?,43-23-,46-25-. The van der Waals surface area contributed by atoms with E-state index >= 15 is 0 Å². The smallest absolute Gasteiger partial charge is 0.333 e. The molecule has 0 amide bonds. The molecule has 2 fully saturated rings. The molecule has 0 spiro atoms. The van der Waals surface area contributed by atoms with Crippen LogP contribution >= 0.6 is 0 Å². The van der Waals surface area contributed by atoms with Crippen molar-refractivity contribution in [1.82, 2.24) is 0 Å². The van der Waals surface area contributed by atoms with Crippen LogP contribution < -0.4 is 0 Å². The molecule has 20 nitrogen and oxygen atoms in total. The molecule has 20 heteroatoms. The summed E-state index contributed by atoms with van der Waals surface area (Å²) >= 11 is 0. The van der Waals surface area contributed by atoms with Gasteiger partial charge in [0, 0.05) is 101 Å². The van der Waals surface area contributed by atoms with Crippen LogP contribution in [-0.2, 0) is 57.0 Å². The molecule has 30 atom stereocenters. The summed E-state index contributed by atoms with van der Waals surface area (Å²) in [4.78, 5) is 28.1. The fraction of sp³-hybridized carbons (Fsp3) is 0.842. The fourth-order valence-corrected chi connectivity index (χ4v) is 15.2. The van der Waals surface area contributed by atoms with Crippen LogP contribution in [-0.4, -0.2) is 216 Å². The van der Waals surface area contributed by atoms with Crippen molar-refractivity contribution in [3.8, 4) is 0 Å². The van der Waals surface area contributed by atoms with Gasteiger partial charge in [0.15, 0.2) is 0 Å². The minimum Gasteiger partial charge on any atom is -0.458 e. The van der Waals surface area contributed by atoms with Crippen LogP contribution in [0.5, 0.6) is 0 Å². The highest BCUT2D eigenvalue weighted by atomic mass is 16.6. The quantitative estimate of drug-likeness (QED) is 0.0527. The number of esters is 2. The number of carbonyl (C=O) groups excluding carboxylic acids is 2. The fourth-order valence-electron chi connectivity index (χ4n) is 15.2. The summed E-state index contributed by atoms with van der Waals surface area (Å²) in [5.74, 6) is -5.57. The first-order chi connectivity index (χ1) is 45.4. The lowest BCUT2D eigenvalue weighted by atomic mass is 9.78. The van der Waals surface area contributed by atoms with Crippen molar-refractivity contribution in [2.45, 2.75) is 333 Å². The molecule has 0 aliphatic carbocycles. The molecule has 5 heterocycles. The first-order valence-electron chi connectivity index (χ1n) is 36.4. The zero-order chi connectivity index (χ0) is 71.1. The third kappa shape index (κ3) is 26.7. The highest BCUT2D eigenvalue weighted by Gasteiger charge is 2.43. The predicted octanol–water partition coefficient (Wildman–Crippen LogP) is 9.55. The van der Waals surface area contributed by atoms with Crippen LogP contribution in [0.3, 0.4) is 0 Å². The van der Waals surface area contributed by atoms with Gasteiger partial charge in [-0.2, -0.15) is 0 Å². The molecule has 5 rings (SSSR count). The van der Waals surface area contributed by atoms with Crippen LogP contribution in [0.1, 0.15) is 199 Å². The van der Waals surface area contributed by atoms with Crippen molar-refractivity contribution in [2.24, 2.45) is 47.3 Å². The second-order valence-corrected chi connectivity index (χ2v) is 29.9. The van der Waals surface area contributed by atoms with Crippen LogP contribution in [0.2, 0.25) is 0 Å². The number of methoxy groups -OCH3 is 4. The Hall–Kier alpha value is -3.00. The van der Waals surface area contributed by atoms with Crippen molar-refractivity contribution < 1.29 is 97.8 Å². The molecule has 0 radical (unpaired) electrons.